The number of nitrogen functional groups attached to an aromatic ring is 1. The van der Waals surface area contributed by atoms with Gasteiger partial charge in [0.2, 0.25) is 0 Å². The summed E-state index contributed by atoms with van der Waals surface area (Å²) in [4.78, 5) is 12.7. The van der Waals surface area contributed by atoms with Crippen molar-refractivity contribution in [1.82, 2.24) is 15.0 Å². The molecule has 0 aliphatic heterocycles. The quantitative estimate of drug-likeness (QED) is 0.506. The van der Waals surface area contributed by atoms with E-state index < -0.39 is 0 Å². The molecular formula is C21H19N5O. The van der Waals surface area contributed by atoms with Crippen molar-refractivity contribution in [1.29, 1.82) is 0 Å². The Morgan fingerprint density at radius 2 is 1.93 bits per heavy atom. The van der Waals surface area contributed by atoms with E-state index in [9.17, 15) is 0 Å². The number of para-hydroxylation sites is 1. The summed E-state index contributed by atoms with van der Waals surface area (Å²) < 4.78 is 5.97. The van der Waals surface area contributed by atoms with E-state index in [1.165, 1.54) is 0 Å². The van der Waals surface area contributed by atoms with Gasteiger partial charge in [-0.1, -0.05) is 18.2 Å². The smallest absolute Gasteiger partial charge is 0.145 e. The summed E-state index contributed by atoms with van der Waals surface area (Å²) in [6, 6.07) is 17.4. The van der Waals surface area contributed by atoms with Gasteiger partial charge < -0.3 is 15.8 Å². The number of hydrogen-bond donors (Lipinski definition) is 2. The second-order valence-corrected chi connectivity index (χ2v) is 6.07. The van der Waals surface area contributed by atoms with Gasteiger partial charge in [-0.15, -0.1) is 0 Å². The van der Waals surface area contributed by atoms with Crippen molar-refractivity contribution in [3.63, 3.8) is 0 Å². The van der Waals surface area contributed by atoms with Crippen LogP contribution in [0.5, 0.6) is 11.5 Å². The lowest BCUT2D eigenvalue weighted by molar-refractivity contribution is 0.474. The Balaban J connectivity index is 1.48. The molecule has 4 aromatic rings. The first kappa shape index (κ1) is 16.8. The van der Waals surface area contributed by atoms with E-state index in [1.54, 1.807) is 18.7 Å². The van der Waals surface area contributed by atoms with Crippen LogP contribution >= 0.6 is 0 Å². The number of anilines is 2. The molecule has 0 aliphatic carbocycles. The molecule has 3 N–H and O–H groups in total. The Hall–Kier alpha value is -3.67. The zero-order valence-electron chi connectivity index (χ0n) is 14.7. The highest BCUT2D eigenvalue weighted by atomic mass is 16.5. The van der Waals surface area contributed by atoms with Crippen molar-refractivity contribution in [3.8, 4) is 11.5 Å². The van der Waals surface area contributed by atoms with Crippen LogP contribution in [0.25, 0.3) is 10.9 Å². The van der Waals surface area contributed by atoms with E-state index >= 15 is 0 Å². The molecule has 0 amide bonds. The molecule has 6 nitrogen and oxygen atoms in total. The first-order valence-electron chi connectivity index (χ1n) is 8.69. The number of pyridine rings is 1. The molecule has 0 atom stereocenters. The lowest BCUT2D eigenvalue weighted by atomic mass is 10.1. The minimum Gasteiger partial charge on any atom is -0.455 e. The monoisotopic (exact) mass is 357 g/mol. The molecular weight excluding hydrogens is 338 g/mol. The Labute approximate surface area is 157 Å². The van der Waals surface area contributed by atoms with E-state index in [0.717, 1.165) is 40.2 Å². The van der Waals surface area contributed by atoms with Gasteiger partial charge in [-0.3, -0.25) is 4.98 Å². The van der Waals surface area contributed by atoms with Gasteiger partial charge in [0.1, 0.15) is 23.6 Å². The number of rotatable bonds is 6. The Kier molecular flexibility index (Phi) is 4.78. The van der Waals surface area contributed by atoms with E-state index in [1.807, 2.05) is 48.5 Å². The van der Waals surface area contributed by atoms with Crippen LogP contribution in [0.4, 0.5) is 11.5 Å². The molecule has 0 spiro atoms. The molecule has 6 heteroatoms. The minimum atomic E-state index is 0.690. The van der Waals surface area contributed by atoms with Crippen LogP contribution in [0.3, 0.4) is 0 Å². The van der Waals surface area contributed by atoms with Gasteiger partial charge in [0.25, 0.3) is 0 Å². The third-order valence-corrected chi connectivity index (χ3v) is 4.18. The summed E-state index contributed by atoms with van der Waals surface area (Å²) in [6.07, 6.45) is 5.76. The fourth-order valence-corrected chi connectivity index (χ4v) is 2.88. The van der Waals surface area contributed by atoms with Crippen LogP contribution < -0.4 is 15.8 Å². The summed E-state index contributed by atoms with van der Waals surface area (Å²) in [5, 5.41) is 4.29. The Bertz CT molecular complexity index is 1050. The number of fused-ring (bicyclic) bond motifs is 1. The number of hydrogen-bond acceptors (Lipinski definition) is 6. The molecule has 0 unspecified atom stereocenters. The van der Waals surface area contributed by atoms with Crippen molar-refractivity contribution in [3.05, 3.63) is 78.9 Å². The van der Waals surface area contributed by atoms with Gasteiger partial charge in [0.05, 0.1) is 11.7 Å². The lowest BCUT2D eigenvalue weighted by Gasteiger charge is -2.12. The molecule has 2 aromatic heterocycles. The van der Waals surface area contributed by atoms with Crippen LogP contribution in [-0.2, 0) is 6.42 Å². The topological polar surface area (TPSA) is 86.0 Å². The number of aromatic nitrogens is 3. The number of ether oxygens (including phenoxy) is 1. The molecule has 134 valence electrons. The molecule has 0 saturated heterocycles. The van der Waals surface area contributed by atoms with Crippen molar-refractivity contribution in [2.24, 2.45) is 0 Å². The van der Waals surface area contributed by atoms with Gasteiger partial charge in [-0.2, -0.15) is 0 Å². The van der Waals surface area contributed by atoms with Crippen molar-refractivity contribution in [2.45, 2.75) is 6.42 Å². The van der Waals surface area contributed by atoms with Crippen LogP contribution in [0.2, 0.25) is 0 Å². The number of benzene rings is 2. The molecule has 2 aromatic carbocycles. The lowest BCUT2D eigenvalue weighted by Crippen LogP contribution is -2.08. The predicted molar refractivity (Wildman–Crippen MR) is 107 cm³/mol. The van der Waals surface area contributed by atoms with E-state index in [0.29, 0.717) is 12.2 Å². The first-order valence-corrected chi connectivity index (χ1v) is 8.69. The Morgan fingerprint density at radius 3 is 2.81 bits per heavy atom. The van der Waals surface area contributed by atoms with Gasteiger partial charge in [-0.05, 0) is 48.4 Å². The largest absolute Gasteiger partial charge is 0.455 e. The van der Waals surface area contributed by atoms with Gasteiger partial charge in [0, 0.05) is 23.8 Å². The number of nitrogens with zero attached hydrogens (tertiary/aromatic N) is 3. The summed E-state index contributed by atoms with van der Waals surface area (Å²) in [5.74, 6) is 2.32. The SMILES string of the molecule is Nc1ccc2ncnc(NCCc3ccccc3Oc3cccnc3)c2c1. The molecule has 0 bridgehead atoms. The maximum absolute atomic E-state index is 5.97. The van der Waals surface area contributed by atoms with Gasteiger partial charge in [-0.25, -0.2) is 9.97 Å². The van der Waals surface area contributed by atoms with Crippen LogP contribution in [-0.4, -0.2) is 21.5 Å². The molecule has 0 radical (unpaired) electrons. The van der Waals surface area contributed by atoms with Crippen molar-refractivity contribution < 1.29 is 4.74 Å². The molecule has 4 rings (SSSR count). The summed E-state index contributed by atoms with van der Waals surface area (Å²) in [6.45, 7) is 0.703. The predicted octanol–water partition coefficient (Wildman–Crippen LogP) is 4.05. The highest BCUT2D eigenvalue weighted by molar-refractivity contribution is 5.91. The molecule has 2 heterocycles. The van der Waals surface area contributed by atoms with Crippen LogP contribution in [0, 0.1) is 0 Å². The maximum atomic E-state index is 5.97. The second kappa shape index (κ2) is 7.70. The van der Waals surface area contributed by atoms with E-state index in [4.69, 9.17) is 10.5 Å². The highest BCUT2D eigenvalue weighted by Crippen LogP contribution is 2.25. The molecule has 0 aliphatic rings. The number of nitrogens with one attached hydrogen (secondary N) is 1. The van der Waals surface area contributed by atoms with Gasteiger partial charge >= 0.3 is 0 Å². The fourth-order valence-electron chi connectivity index (χ4n) is 2.88. The normalized spacial score (nSPS) is 10.7. The van der Waals surface area contributed by atoms with Gasteiger partial charge in [0.15, 0.2) is 0 Å². The van der Waals surface area contributed by atoms with Crippen molar-refractivity contribution in [2.75, 3.05) is 17.6 Å². The summed E-state index contributed by atoms with van der Waals surface area (Å²) in [7, 11) is 0. The van der Waals surface area contributed by atoms with Crippen LogP contribution in [0.15, 0.2) is 73.3 Å². The summed E-state index contributed by atoms with van der Waals surface area (Å²) in [5.41, 5.74) is 8.56. The average Bonchev–Trinajstić information content (AvgIpc) is 2.70. The number of nitrogens with two attached hydrogens (primary N) is 1. The summed E-state index contributed by atoms with van der Waals surface area (Å²) >= 11 is 0. The second-order valence-electron chi connectivity index (χ2n) is 6.07. The first-order chi connectivity index (χ1) is 13.3. The third kappa shape index (κ3) is 3.95. The molecule has 27 heavy (non-hydrogen) atoms. The minimum absolute atomic E-state index is 0.690. The Morgan fingerprint density at radius 1 is 1.00 bits per heavy atom. The highest BCUT2D eigenvalue weighted by Gasteiger charge is 2.07. The van der Waals surface area contributed by atoms with Crippen molar-refractivity contribution >= 4 is 22.4 Å². The standard InChI is InChI=1S/C21H19N5O/c22-16-7-8-19-18(12-16)21(26-14-25-19)24-11-9-15-4-1-2-6-20(15)27-17-5-3-10-23-13-17/h1-8,10,12-14H,9,11,22H2,(H,24,25,26). The van der Waals surface area contributed by atoms with E-state index in [2.05, 4.69) is 26.3 Å². The third-order valence-electron chi connectivity index (χ3n) is 4.18. The molecule has 0 fully saturated rings. The fraction of sp³-hybridized carbons (Fsp3) is 0.0952. The van der Waals surface area contributed by atoms with Crippen LogP contribution in [0.1, 0.15) is 5.56 Å². The maximum Gasteiger partial charge on any atom is 0.145 e. The zero-order chi connectivity index (χ0) is 18.5. The molecule has 0 saturated carbocycles. The van der Waals surface area contributed by atoms with E-state index in [-0.39, 0.29) is 0 Å². The average molecular weight is 357 g/mol. The zero-order valence-corrected chi connectivity index (χ0v) is 14.7.